The molecule has 0 aliphatic heterocycles. The zero-order chi connectivity index (χ0) is 16.0. The number of benzene rings is 1. The smallest absolute Gasteiger partial charge is 0.241 e. The van der Waals surface area contributed by atoms with Crippen LogP contribution >= 0.6 is 0 Å². The standard InChI is InChI=1S/C16H25N3O2/c1-5-19(11-14(20)18(3)4)16(21)12(2)15(17)13-9-7-6-8-10-13/h6-10,12,15H,5,11,17H2,1-4H3. The van der Waals surface area contributed by atoms with Crippen LogP contribution in [0.25, 0.3) is 0 Å². The Labute approximate surface area is 126 Å². The average Bonchev–Trinajstić information content (AvgIpc) is 2.50. The van der Waals surface area contributed by atoms with Gasteiger partial charge in [0.1, 0.15) is 0 Å². The van der Waals surface area contributed by atoms with Crippen molar-refractivity contribution >= 4 is 11.8 Å². The molecular weight excluding hydrogens is 266 g/mol. The molecule has 0 fully saturated rings. The fourth-order valence-electron chi connectivity index (χ4n) is 2.06. The van der Waals surface area contributed by atoms with Crippen molar-refractivity contribution in [3.63, 3.8) is 0 Å². The summed E-state index contributed by atoms with van der Waals surface area (Å²) in [4.78, 5) is 27.3. The van der Waals surface area contributed by atoms with Gasteiger partial charge in [0, 0.05) is 26.7 Å². The van der Waals surface area contributed by atoms with Gasteiger partial charge in [-0.3, -0.25) is 9.59 Å². The minimum Gasteiger partial charge on any atom is -0.347 e. The monoisotopic (exact) mass is 291 g/mol. The number of carbonyl (C=O) groups excluding carboxylic acids is 2. The number of nitrogens with two attached hydrogens (primary N) is 1. The zero-order valence-corrected chi connectivity index (χ0v) is 13.2. The first-order valence-corrected chi connectivity index (χ1v) is 7.18. The summed E-state index contributed by atoms with van der Waals surface area (Å²) in [6, 6.07) is 9.17. The van der Waals surface area contributed by atoms with Gasteiger partial charge >= 0.3 is 0 Å². The highest BCUT2D eigenvalue weighted by Gasteiger charge is 2.27. The highest BCUT2D eigenvalue weighted by molar-refractivity contribution is 5.86. The molecule has 0 aromatic heterocycles. The number of amides is 2. The maximum Gasteiger partial charge on any atom is 0.241 e. The third-order valence-corrected chi connectivity index (χ3v) is 3.63. The molecule has 2 amide bonds. The number of rotatable bonds is 6. The van der Waals surface area contributed by atoms with Gasteiger partial charge in [0.2, 0.25) is 11.8 Å². The molecule has 0 spiro atoms. The van der Waals surface area contributed by atoms with Crippen LogP contribution in [-0.4, -0.2) is 48.8 Å². The summed E-state index contributed by atoms with van der Waals surface area (Å²) in [6.45, 7) is 4.25. The summed E-state index contributed by atoms with van der Waals surface area (Å²) in [5.41, 5.74) is 7.10. The van der Waals surface area contributed by atoms with Crippen molar-refractivity contribution in [2.24, 2.45) is 11.7 Å². The molecule has 1 aromatic rings. The summed E-state index contributed by atoms with van der Waals surface area (Å²) in [5.74, 6) is -0.558. The minimum atomic E-state index is -0.373. The highest BCUT2D eigenvalue weighted by Crippen LogP contribution is 2.21. The van der Waals surface area contributed by atoms with E-state index in [2.05, 4.69) is 0 Å². The van der Waals surface area contributed by atoms with E-state index >= 15 is 0 Å². The third-order valence-electron chi connectivity index (χ3n) is 3.63. The van der Waals surface area contributed by atoms with Gasteiger partial charge in [0.05, 0.1) is 12.5 Å². The van der Waals surface area contributed by atoms with Gasteiger partial charge in [-0.05, 0) is 12.5 Å². The second kappa shape index (κ2) is 7.78. The van der Waals surface area contributed by atoms with Crippen molar-refractivity contribution in [1.29, 1.82) is 0 Å². The van der Waals surface area contributed by atoms with E-state index in [1.807, 2.05) is 44.2 Å². The molecule has 0 radical (unpaired) electrons. The van der Waals surface area contributed by atoms with E-state index in [0.717, 1.165) is 5.56 Å². The van der Waals surface area contributed by atoms with Crippen LogP contribution < -0.4 is 5.73 Å². The fourth-order valence-corrected chi connectivity index (χ4v) is 2.06. The Hall–Kier alpha value is -1.88. The minimum absolute atomic E-state index is 0.0915. The number of hydrogen-bond donors (Lipinski definition) is 1. The quantitative estimate of drug-likeness (QED) is 0.858. The predicted octanol–water partition coefficient (Wildman–Crippen LogP) is 1.26. The number of nitrogens with zero attached hydrogens (tertiary/aromatic N) is 2. The van der Waals surface area contributed by atoms with Gasteiger partial charge in [0.25, 0.3) is 0 Å². The Balaban J connectivity index is 2.77. The second-order valence-electron chi connectivity index (χ2n) is 5.37. The number of hydrogen-bond acceptors (Lipinski definition) is 3. The lowest BCUT2D eigenvalue weighted by Gasteiger charge is -2.28. The van der Waals surface area contributed by atoms with Gasteiger partial charge in [-0.2, -0.15) is 0 Å². The third kappa shape index (κ3) is 4.56. The molecule has 0 aliphatic carbocycles. The summed E-state index contributed by atoms with van der Waals surface area (Å²) < 4.78 is 0. The predicted molar refractivity (Wildman–Crippen MR) is 83.5 cm³/mol. The van der Waals surface area contributed by atoms with Crippen molar-refractivity contribution in [2.75, 3.05) is 27.2 Å². The number of carbonyl (C=O) groups is 2. The summed E-state index contributed by atoms with van der Waals surface area (Å²) in [7, 11) is 3.36. The van der Waals surface area contributed by atoms with Crippen LogP contribution in [0, 0.1) is 5.92 Å². The molecule has 2 unspecified atom stereocenters. The van der Waals surface area contributed by atoms with Crippen molar-refractivity contribution < 1.29 is 9.59 Å². The Morgan fingerprint density at radius 2 is 1.76 bits per heavy atom. The summed E-state index contributed by atoms with van der Waals surface area (Å²) >= 11 is 0. The van der Waals surface area contributed by atoms with Gasteiger partial charge in [0.15, 0.2) is 0 Å². The lowest BCUT2D eigenvalue weighted by Crippen LogP contribution is -2.44. The number of likely N-dealkylation sites (N-methyl/N-ethyl adjacent to an activating group) is 2. The van der Waals surface area contributed by atoms with Crippen molar-refractivity contribution in [3.8, 4) is 0 Å². The normalized spacial score (nSPS) is 13.4. The van der Waals surface area contributed by atoms with Crippen LogP contribution in [0.5, 0.6) is 0 Å². The summed E-state index contributed by atoms with van der Waals surface area (Å²) in [5, 5.41) is 0. The van der Waals surface area contributed by atoms with E-state index < -0.39 is 0 Å². The van der Waals surface area contributed by atoms with E-state index in [1.165, 1.54) is 4.90 Å². The van der Waals surface area contributed by atoms with Gasteiger partial charge in [-0.25, -0.2) is 0 Å². The van der Waals surface area contributed by atoms with Crippen LogP contribution in [0.15, 0.2) is 30.3 Å². The topological polar surface area (TPSA) is 66.6 Å². The molecule has 0 saturated carbocycles. The van der Waals surface area contributed by atoms with Gasteiger partial charge < -0.3 is 15.5 Å². The molecule has 2 N–H and O–H groups in total. The molecule has 5 nitrogen and oxygen atoms in total. The Morgan fingerprint density at radius 1 is 1.19 bits per heavy atom. The maximum atomic E-state index is 12.5. The molecule has 0 saturated heterocycles. The maximum absolute atomic E-state index is 12.5. The first kappa shape index (κ1) is 17.2. The molecule has 116 valence electrons. The molecule has 0 bridgehead atoms. The molecular formula is C16H25N3O2. The highest BCUT2D eigenvalue weighted by atomic mass is 16.2. The molecule has 2 atom stereocenters. The van der Waals surface area contributed by atoms with Crippen molar-refractivity contribution in [3.05, 3.63) is 35.9 Å². The Kier molecular flexibility index (Phi) is 6.37. The SMILES string of the molecule is CCN(CC(=O)N(C)C)C(=O)C(C)C(N)c1ccccc1. The van der Waals surface area contributed by atoms with Crippen LogP contribution in [0.4, 0.5) is 0 Å². The fraction of sp³-hybridized carbons (Fsp3) is 0.500. The molecule has 0 aliphatic rings. The molecule has 5 heteroatoms. The average molecular weight is 291 g/mol. The largest absolute Gasteiger partial charge is 0.347 e. The van der Waals surface area contributed by atoms with Crippen LogP contribution in [-0.2, 0) is 9.59 Å². The zero-order valence-electron chi connectivity index (χ0n) is 13.2. The Bertz CT molecular complexity index is 474. The molecule has 21 heavy (non-hydrogen) atoms. The lowest BCUT2D eigenvalue weighted by molar-refractivity contribution is -0.141. The summed E-state index contributed by atoms with van der Waals surface area (Å²) in [6.07, 6.45) is 0. The van der Waals surface area contributed by atoms with Crippen LogP contribution in [0.3, 0.4) is 0 Å². The first-order chi connectivity index (χ1) is 9.88. The lowest BCUT2D eigenvalue weighted by atomic mass is 9.94. The molecule has 1 rings (SSSR count). The van der Waals surface area contributed by atoms with Gasteiger partial charge in [-0.15, -0.1) is 0 Å². The van der Waals surface area contributed by atoms with E-state index in [4.69, 9.17) is 5.73 Å². The van der Waals surface area contributed by atoms with E-state index in [0.29, 0.717) is 6.54 Å². The van der Waals surface area contributed by atoms with E-state index in [1.54, 1.807) is 19.0 Å². The van der Waals surface area contributed by atoms with Crippen LogP contribution in [0.1, 0.15) is 25.5 Å². The first-order valence-electron chi connectivity index (χ1n) is 7.18. The van der Waals surface area contributed by atoms with Gasteiger partial charge in [-0.1, -0.05) is 37.3 Å². The van der Waals surface area contributed by atoms with Crippen molar-refractivity contribution in [1.82, 2.24) is 9.80 Å². The van der Waals surface area contributed by atoms with E-state index in [9.17, 15) is 9.59 Å². The van der Waals surface area contributed by atoms with Crippen LogP contribution in [0.2, 0.25) is 0 Å². The van der Waals surface area contributed by atoms with E-state index in [-0.39, 0.29) is 30.3 Å². The molecule has 1 aromatic carbocycles. The Morgan fingerprint density at radius 3 is 2.24 bits per heavy atom. The second-order valence-corrected chi connectivity index (χ2v) is 5.37. The molecule has 0 heterocycles. The van der Waals surface area contributed by atoms with Crippen molar-refractivity contribution in [2.45, 2.75) is 19.9 Å².